The zero-order valence-corrected chi connectivity index (χ0v) is 15.8. The first-order valence-electron chi connectivity index (χ1n) is 8.80. The zero-order valence-electron chi connectivity index (χ0n) is 15.0. The number of rotatable bonds is 4. The molecule has 136 valence electrons. The van der Waals surface area contributed by atoms with E-state index in [4.69, 9.17) is 4.74 Å². The van der Waals surface area contributed by atoms with Gasteiger partial charge in [0.05, 0.1) is 18.0 Å². The van der Waals surface area contributed by atoms with Gasteiger partial charge >= 0.3 is 0 Å². The van der Waals surface area contributed by atoms with Crippen molar-refractivity contribution < 1.29 is 13.2 Å². The Morgan fingerprint density at radius 3 is 2.54 bits per heavy atom. The fourth-order valence-corrected chi connectivity index (χ4v) is 5.12. The molecule has 2 aromatic carbocycles. The second kappa shape index (κ2) is 6.45. The van der Waals surface area contributed by atoms with Gasteiger partial charge < -0.3 is 9.30 Å². The number of ether oxygens (including phenoxy) is 1. The minimum atomic E-state index is -3.53. The SMILES string of the molecule is CCOc1ccc(S(=O)(=O)N2CCc3c(n(C)c4ccccc34)C2)cc1. The van der Waals surface area contributed by atoms with Crippen LogP contribution in [0.5, 0.6) is 5.75 Å². The summed E-state index contributed by atoms with van der Waals surface area (Å²) in [6, 6.07) is 14.9. The van der Waals surface area contributed by atoms with E-state index in [9.17, 15) is 8.42 Å². The molecule has 5 nitrogen and oxygen atoms in total. The van der Waals surface area contributed by atoms with Crippen molar-refractivity contribution in [2.45, 2.75) is 24.8 Å². The number of aryl methyl sites for hydroxylation is 1. The molecule has 0 radical (unpaired) electrons. The number of para-hydroxylation sites is 1. The van der Waals surface area contributed by atoms with Crippen molar-refractivity contribution in [1.29, 1.82) is 0 Å². The van der Waals surface area contributed by atoms with E-state index in [1.807, 2.05) is 26.1 Å². The summed E-state index contributed by atoms with van der Waals surface area (Å²) in [5.41, 5.74) is 3.49. The van der Waals surface area contributed by atoms with Gasteiger partial charge in [-0.25, -0.2) is 8.42 Å². The summed E-state index contributed by atoms with van der Waals surface area (Å²) in [5, 5.41) is 1.23. The molecule has 0 saturated heterocycles. The van der Waals surface area contributed by atoms with Gasteiger partial charge in [0.25, 0.3) is 0 Å². The standard InChI is InChI=1S/C20H22N2O3S/c1-3-25-15-8-10-16(11-9-15)26(23,24)22-13-12-18-17-6-4-5-7-19(17)21(2)20(18)14-22/h4-11H,3,12-14H2,1-2H3. The Hall–Kier alpha value is -2.31. The molecule has 1 aliphatic heterocycles. The third kappa shape index (κ3) is 2.70. The lowest BCUT2D eigenvalue weighted by Crippen LogP contribution is -2.36. The Morgan fingerprint density at radius 1 is 1.08 bits per heavy atom. The van der Waals surface area contributed by atoms with Crippen molar-refractivity contribution in [3.63, 3.8) is 0 Å². The summed E-state index contributed by atoms with van der Waals surface area (Å²) in [6.45, 7) is 3.36. The summed E-state index contributed by atoms with van der Waals surface area (Å²) < 4.78 is 35.2. The minimum Gasteiger partial charge on any atom is -0.494 e. The first-order valence-corrected chi connectivity index (χ1v) is 10.2. The van der Waals surface area contributed by atoms with Crippen LogP contribution in [0.1, 0.15) is 18.2 Å². The molecule has 26 heavy (non-hydrogen) atoms. The number of benzene rings is 2. The molecule has 0 N–H and O–H groups in total. The highest BCUT2D eigenvalue weighted by Gasteiger charge is 2.31. The average Bonchev–Trinajstić information content (AvgIpc) is 2.95. The minimum absolute atomic E-state index is 0.308. The number of hydrogen-bond acceptors (Lipinski definition) is 3. The molecule has 0 unspecified atom stereocenters. The molecule has 3 aromatic rings. The lowest BCUT2D eigenvalue weighted by atomic mass is 10.1. The summed E-state index contributed by atoms with van der Waals surface area (Å²) in [5.74, 6) is 0.682. The summed E-state index contributed by atoms with van der Waals surface area (Å²) in [4.78, 5) is 0.308. The maximum absolute atomic E-state index is 13.1. The van der Waals surface area contributed by atoms with Crippen molar-refractivity contribution in [3.8, 4) is 5.75 Å². The molecule has 0 spiro atoms. The first kappa shape index (κ1) is 17.1. The van der Waals surface area contributed by atoms with E-state index >= 15 is 0 Å². The summed E-state index contributed by atoms with van der Waals surface area (Å²) >= 11 is 0. The molecule has 0 amide bonds. The van der Waals surface area contributed by atoms with Crippen LogP contribution in [0.2, 0.25) is 0 Å². The van der Waals surface area contributed by atoms with E-state index in [1.54, 1.807) is 28.6 Å². The van der Waals surface area contributed by atoms with Gasteiger partial charge in [-0.1, -0.05) is 18.2 Å². The fourth-order valence-electron chi connectivity index (χ4n) is 3.72. The highest BCUT2D eigenvalue weighted by atomic mass is 32.2. The fraction of sp³-hybridized carbons (Fsp3) is 0.300. The highest BCUT2D eigenvalue weighted by Crippen LogP contribution is 2.32. The van der Waals surface area contributed by atoms with Gasteiger partial charge in [-0.2, -0.15) is 4.31 Å². The van der Waals surface area contributed by atoms with Gasteiger partial charge in [-0.15, -0.1) is 0 Å². The van der Waals surface area contributed by atoms with Crippen molar-refractivity contribution in [2.75, 3.05) is 13.2 Å². The monoisotopic (exact) mass is 370 g/mol. The number of nitrogens with zero attached hydrogens (tertiary/aromatic N) is 2. The van der Waals surface area contributed by atoms with Gasteiger partial charge in [0.15, 0.2) is 0 Å². The van der Waals surface area contributed by atoms with E-state index in [-0.39, 0.29) is 0 Å². The van der Waals surface area contributed by atoms with Crippen LogP contribution < -0.4 is 4.74 Å². The Bertz CT molecular complexity index is 1050. The maximum atomic E-state index is 13.1. The van der Waals surface area contributed by atoms with E-state index in [2.05, 4.69) is 16.7 Å². The topological polar surface area (TPSA) is 51.5 Å². The molecule has 1 aliphatic rings. The molecule has 0 fully saturated rings. The number of fused-ring (bicyclic) bond motifs is 3. The van der Waals surface area contributed by atoms with Crippen LogP contribution in [0.4, 0.5) is 0 Å². The van der Waals surface area contributed by atoms with Gasteiger partial charge in [0.1, 0.15) is 5.75 Å². The molecule has 0 atom stereocenters. The van der Waals surface area contributed by atoms with Crippen molar-refractivity contribution in [1.82, 2.24) is 8.87 Å². The number of sulfonamides is 1. The Balaban J connectivity index is 1.67. The first-order chi connectivity index (χ1) is 12.5. The van der Waals surface area contributed by atoms with Crippen molar-refractivity contribution in [3.05, 3.63) is 59.8 Å². The predicted molar refractivity (Wildman–Crippen MR) is 102 cm³/mol. The van der Waals surface area contributed by atoms with E-state index < -0.39 is 10.0 Å². The lowest BCUT2D eigenvalue weighted by Gasteiger charge is -2.27. The molecular formula is C20H22N2O3S. The van der Waals surface area contributed by atoms with Gasteiger partial charge in [-0.05, 0) is 49.2 Å². The van der Waals surface area contributed by atoms with Crippen molar-refractivity contribution >= 4 is 20.9 Å². The highest BCUT2D eigenvalue weighted by molar-refractivity contribution is 7.89. The van der Waals surface area contributed by atoms with Crippen molar-refractivity contribution in [2.24, 2.45) is 7.05 Å². The van der Waals surface area contributed by atoms with E-state index in [1.165, 1.54) is 10.9 Å². The van der Waals surface area contributed by atoms with E-state index in [0.29, 0.717) is 30.3 Å². The second-order valence-electron chi connectivity index (χ2n) is 6.49. The number of aromatic nitrogens is 1. The van der Waals surface area contributed by atoms with Crippen LogP contribution in [0.25, 0.3) is 10.9 Å². The quantitative estimate of drug-likeness (QED) is 0.708. The van der Waals surface area contributed by atoms with E-state index in [0.717, 1.165) is 17.6 Å². The molecule has 0 bridgehead atoms. The third-order valence-electron chi connectivity index (χ3n) is 5.05. The third-order valence-corrected chi connectivity index (χ3v) is 6.91. The number of hydrogen-bond donors (Lipinski definition) is 0. The van der Waals surface area contributed by atoms with Gasteiger partial charge in [-0.3, -0.25) is 0 Å². The predicted octanol–water partition coefficient (Wildman–Crippen LogP) is 3.32. The van der Waals surface area contributed by atoms with Crippen LogP contribution in [-0.2, 0) is 30.0 Å². The Kier molecular flexibility index (Phi) is 4.25. The molecule has 1 aromatic heterocycles. The summed E-state index contributed by atoms with van der Waals surface area (Å²) in [7, 11) is -1.52. The Labute approximate surface area is 153 Å². The normalized spacial score (nSPS) is 15.2. The average molecular weight is 370 g/mol. The van der Waals surface area contributed by atoms with Crippen LogP contribution in [0, 0.1) is 0 Å². The van der Waals surface area contributed by atoms with Crippen LogP contribution in [0.3, 0.4) is 0 Å². The van der Waals surface area contributed by atoms with Gasteiger partial charge in [0.2, 0.25) is 10.0 Å². The molecule has 0 saturated carbocycles. The van der Waals surface area contributed by atoms with Crippen LogP contribution >= 0.6 is 0 Å². The zero-order chi connectivity index (χ0) is 18.3. The molecule has 2 heterocycles. The summed E-state index contributed by atoms with van der Waals surface area (Å²) in [6.07, 6.45) is 0.729. The molecule has 4 rings (SSSR count). The Morgan fingerprint density at radius 2 is 1.81 bits per heavy atom. The molecule has 6 heteroatoms. The molecule has 0 aliphatic carbocycles. The van der Waals surface area contributed by atoms with Crippen LogP contribution in [0.15, 0.2) is 53.4 Å². The maximum Gasteiger partial charge on any atom is 0.243 e. The van der Waals surface area contributed by atoms with Gasteiger partial charge in [0, 0.05) is 30.2 Å². The largest absolute Gasteiger partial charge is 0.494 e. The molecular weight excluding hydrogens is 348 g/mol. The van der Waals surface area contributed by atoms with Crippen LogP contribution in [-0.4, -0.2) is 30.4 Å². The smallest absolute Gasteiger partial charge is 0.243 e. The lowest BCUT2D eigenvalue weighted by molar-refractivity contribution is 0.340. The second-order valence-corrected chi connectivity index (χ2v) is 8.43.